The fourth-order valence-electron chi connectivity index (χ4n) is 2.51. The Balaban J connectivity index is 2.69. The summed E-state index contributed by atoms with van der Waals surface area (Å²) in [7, 11) is -3.38. The second-order valence-electron chi connectivity index (χ2n) is 5.65. The Bertz CT molecular complexity index is 729. The van der Waals surface area contributed by atoms with E-state index in [9.17, 15) is 13.2 Å². The zero-order valence-electron chi connectivity index (χ0n) is 11.6. The monoisotopic (exact) mass is 295 g/mol. The topological polar surface area (TPSA) is 116 Å². The summed E-state index contributed by atoms with van der Waals surface area (Å²) in [5.74, 6) is -0.947. The third kappa shape index (κ3) is 2.29. The maximum Gasteiger partial charge on any atom is 0.280 e. The van der Waals surface area contributed by atoms with Crippen molar-refractivity contribution in [1.29, 1.82) is 0 Å². The van der Waals surface area contributed by atoms with Gasteiger partial charge in [-0.1, -0.05) is 19.9 Å². The molecule has 2 rings (SSSR count). The van der Waals surface area contributed by atoms with Crippen molar-refractivity contribution >= 4 is 21.7 Å². The average Bonchev–Trinajstić information content (AvgIpc) is 2.42. The highest BCUT2D eigenvalue weighted by Crippen LogP contribution is 2.40. The smallest absolute Gasteiger partial charge is 0.280 e. The van der Waals surface area contributed by atoms with Crippen LogP contribution in [0.4, 0.5) is 0 Å². The number of hydrogen-bond donors (Lipinski definition) is 2. The fraction of sp³-hybridized carbons (Fsp3) is 0.385. The van der Waals surface area contributed by atoms with Crippen LogP contribution >= 0.6 is 0 Å². The van der Waals surface area contributed by atoms with E-state index in [1.807, 2.05) is 13.8 Å². The van der Waals surface area contributed by atoms with Gasteiger partial charge in [-0.2, -0.15) is 4.99 Å². The van der Waals surface area contributed by atoms with Crippen molar-refractivity contribution in [3.63, 3.8) is 0 Å². The minimum absolute atomic E-state index is 0.0364. The van der Waals surface area contributed by atoms with Crippen molar-refractivity contribution in [2.45, 2.75) is 31.1 Å². The lowest BCUT2D eigenvalue weighted by atomic mass is 9.85. The molecule has 108 valence electrons. The molecule has 1 aromatic carbocycles. The first kappa shape index (κ1) is 14.5. The standard InChI is InChI=1S/C13H17N3O3S/c1-7-4-9-10(20(18,19)6-13(9,2)3)5-8(7)11(17)16-12(14)15/h4-5H,6H2,1-3H3,(H4,14,15,16,17). The summed E-state index contributed by atoms with van der Waals surface area (Å²) < 4.78 is 24.4. The Morgan fingerprint density at radius 1 is 1.30 bits per heavy atom. The number of rotatable bonds is 1. The van der Waals surface area contributed by atoms with Gasteiger partial charge < -0.3 is 11.5 Å². The number of carbonyl (C=O) groups is 1. The molecule has 1 aliphatic rings. The maximum atomic E-state index is 12.2. The second kappa shape index (κ2) is 4.31. The second-order valence-corrected chi connectivity index (χ2v) is 7.61. The molecule has 0 aromatic heterocycles. The molecule has 7 heteroatoms. The molecule has 1 aromatic rings. The molecule has 1 amide bonds. The molecular weight excluding hydrogens is 278 g/mol. The normalized spacial score (nSPS) is 18.4. The summed E-state index contributed by atoms with van der Waals surface area (Å²) in [5, 5.41) is 0. The lowest BCUT2D eigenvalue weighted by Gasteiger charge is -2.17. The van der Waals surface area contributed by atoms with E-state index in [-0.39, 0.29) is 22.2 Å². The van der Waals surface area contributed by atoms with E-state index in [2.05, 4.69) is 4.99 Å². The van der Waals surface area contributed by atoms with Crippen LogP contribution in [0.5, 0.6) is 0 Å². The Hall–Kier alpha value is -1.89. The summed E-state index contributed by atoms with van der Waals surface area (Å²) in [6, 6.07) is 3.11. The zero-order chi connectivity index (χ0) is 15.3. The van der Waals surface area contributed by atoms with Gasteiger partial charge in [-0.15, -0.1) is 0 Å². The number of aliphatic imine (C=N–C) groups is 1. The highest BCUT2D eigenvalue weighted by molar-refractivity contribution is 7.91. The first-order chi connectivity index (χ1) is 9.04. The summed E-state index contributed by atoms with van der Waals surface area (Å²) in [6.45, 7) is 5.47. The van der Waals surface area contributed by atoms with Gasteiger partial charge >= 0.3 is 0 Å². The largest absolute Gasteiger partial charge is 0.370 e. The van der Waals surface area contributed by atoms with Gasteiger partial charge in [0.2, 0.25) is 0 Å². The van der Waals surface area contributed by atoms with Crippen molar-refractivity contribution in [3.8, 4) is 0 Å². The Labute approximate surface area is 117 Å². The third-order valence-electron chi connectivity index (χ3n) is 3.40. The van der Waals surface area contributed by atoms with Crippen LogP contribution in [0.1, 0.15) is 35.3 Å². The van der Waals surface area contributed by atoms with Crippen molar-refractivity contribution in [2.24, 2.45) is 16.5 Å². The molecule has 0 bridgehead atoms. The number of hydrogen-bond acceptors (Lipinski definition) is 3. The number of benzene rings is 1. The third-order valence-corrected chi connectivity index (χ3v) is 5.51. The van der Waals surface area contributed by atoms with E-state index >= 15 is 0 Å². The predicted octanol–water partition coefficient (Wildman–Crippen LogP) is 0.474. The van der Waals surface area contributed by atoms with Crippen molar-refractivity contribution in [3.05, 3.63) is 28.8 Å². The van der Waals surface area contributed by atoms with Gasteiger partial charge in [0.15, 0.2) is 15.8 Å². The number of aryl methyl sites for hydroxylation is 1. The minimum atomic E-state index is -3.38. The SMILES string of the molecule is Cc1cc2c(cc1C(=O)N=C(N)N)S(=O)(=O)CC2(C)C. The number of nitrogens with two attached hydrogens (primary N) is 2. The van der Waals surface area contributed by atoms with Gasteiger partial charge in [-0.05, 0) is 24.1 Å². The highest BCUT2D eigenvalue weighted by Gasteiger charge is 2.41. The lowest BCUT2D eigenvalue weighted by Crippen LogP contribution is -2.24. The average molecular weight is 295 g/mol. The van der Waals surface area contributed by atoms with Crippen molar-refractivity contribution in [1.82, 2.24) is 0 Å². The Morgan fingerprint density at radius 3 is 2.45 bits per heavy atom. The van der Waals surface area contributed by atoms with Crippen LogP contribution in [0.2, 0.25) is 0 Å². The molecule has 0 atom stereocenters. The summed E-state index contributed by atoms with van der Waals surface area (Å²) in [6.07, 6.45) is 0. The van der Waals surface area contributed by atoms with Crippen molar-refractivity contribution in [2.75, 3.05) is 5.75 Å². The fourth-order valence-corrected chi connectivity index (χ4v) is 4.74. The first-order valence-electron chi connectivity index (χ1n) is 6.06. The predicted molar refractivity (Wildman–Crippen MR) is 76.4 cm³/mol. The number of carbonyl (C=O) groups excluding carboxylic acids is 1. The number of guanidine groups is 1. The number of sulfone groups is 1. The van der Waals surface area contributed by atoms with E-state index in [1.54, 1.807) is 13.0 Å². The van der Waals surface area contributed by atoms with Crippen LogP contribution in [0.15, 0.2) is 22.0 Å². The van der Waals surface area contributed by atoms with Gasteiger partial charge in [-0.25, -0.2) is 8.42 Å². The van der Waals surface area contributed by atoms with Crippen LogP contribution < -0.4 is 11.5 Å². The number of amides is 1. The number of nitrogens with zero attached hydrogens (tertiary/aromatic N) is 1. The molecule has 0 fully saturated rings. The molecule has 0 spiro atoms. The number of fused-ring (bicyclic) bond motifs is 1. The van der Waals surface area contributed by atoms with E-state index in [4.69, 9.17) is 11.5 Å². The van der Waals surface area contributed by atoms with Gasteiger partial charge in [-0.3, -0.25) is 4.79 Å². The van der Waals surface area contributed by atoms with Crippen LogP contribution in [0, 0.1) is 6.92 Å². The summed E-state index contributed by atoms with van der Waals surface area (Å²) >= 11 is 0. The van der Waals surface area contributed by atoms with E-state index in [0.717, 1.165) is 5.56 Å². The van der Waals surface area contributed by atoms with Crippen LogP contribution in [0.25, 0.3) is 0 Å². The molecular formula is C13H17N3O3S. The maximum absolute atomic E-state index is 12.2. The van der Waals surface area contributed by atoms with Gasteiger partial charge in [0.1, 0.15) is 0 Å². The van der Waals surface area contributed by atoms with Crippen LogP contribution in [0.3, 0.4) is 0 Å². The van der Waals surface area contributed by atoms with E-state index in [0.29, 0.717) is 5.56 Å². The quantitative estimate of drug-likeness (QED) is 0.577. The molecule has 1 heterocycles. The molecule has 0 saturated carbocycles. The highest BCUT2D eigenvalue weighted by atomic mass is 32.2. The summed E-state index contributed by atoms with van der Waals surface area (Å²) in [4.78, 5) is 15.6. The Kier molecular flexibility index (Phi) is 3.13. The molecule has 1 aliphatic heterocycles. The molecule has 20 heavy (non-hydrogen) atoms. The molecule has 0 saturated heterocycles. The molecule has 4 N–H and O–H groups in total. The molecule has 0 aliphatic carbocycles. The van der Waals surface area contributed by atoms with Crippen LogP contribution in [-0.2, 0) is 15.3 Å². The van der Waals surface area contributed by atoms with Gasteiger partial charge in [0, 0.05) is 11.0 Å². The zero-order valence-corrected chi connectivity index (χ0v) is 12.4. The van der Waals surface area contributed by atoms with Crippen LogP contribution in [-0.4, -0.2) is 26.0 Å². The molecule has 0 radical (unpaired) electrons. The molecule has 0 unspecified atom stereocenters. The Morgan fingerprint density at radius 2 is 1.90 bits per heavy atom. The van der Waals surface area contributed by atoms with Crippen molar-refractivity contribution < 1.29 is 13.2 Å². The van der Waals surface area contributed by atoms with Gasteiger partial charge in [0.25, 0.3) is 5.91 Å². The van der Waals surface area contributed by atoms with E-state index < -0.39 is 21.2 Å². The van der Waals surface area contributed by atoms with Gasteiger partial charge in [0.05, 0.1) is 10.6 Å². The first-order valence-corrected chi connectivity index (χ1v) is 7.72. The van der Waals surface area contributed by atoms with E-state index in [1.165, 1.54) is 6.07 Å². The summed E-state index contributed by atoms with van der Waals surface area (Å²) in [5.41, 5.74) is 11.5. The lowest BCUT2D eigenvalue weighted by molar-refractivity contribution is 0.100. The molecule has 6 nitrogen and oxygen atoms in total. The minimum Gasteiger partial charge on any atom is -0.370 e.